The number of rotatable bonds is 6. The maximum Gasteiger partial charge on any atom is 0.350 e. The van der Waals surface area contributed by atoms with Gasteiger partial charge in [-0.25, -0.2) is 14.5 Å². The highest BCUT2D eigenvalue weighted by Crippen LogP contribution is 2.27. The Labute approximate surface area is 188 Å². The van der Waals surface area contributed by atoms with E-state index >= 15 is 0 Å². The predicted molar refractivity (Wildman–Crippen MR) is 122 cm³/mol. The van der Waals surface area contributed by atoms with Crippen molar-refractivity contribution in [1.29, 1.82) is 0 Å². The van der Waals surface area contributed by atoms with Gasteiger partial charge in [0.2, 0.25) is 0 Å². The van der Waals surface area contributed by atoms with E-state index in [0.717, 1.165) is 16.9 Å². The number of nitrogens with one attached hydrogen (secondary N) is 1. The van der Waals surface area contributed by atoms with Crippen LogP contribution in [0.2, 0.25) is 0 Å². The lowest BCUT2D eigenvalue weighted by Gasteiger charge is -2.09. The van der Waals surface area contributed by atoms with Gasteiger partial charge >= 0.3 is 5.97 Å². The molecule has 0 fully saturated rings. The van der Waals surface area contributed by atoms with Crippen molar-refractivity contribution in [3.63, 3.8) is 0 Å². The molecular formula is C23H21N5O3S. The SMILES string of the molecule is Cc1ccc(-n2nc(C)cc2NC(=O)COC(=O)c2sc(-c3ccccn3)nc2C)cc1. The molecule has 0 bridgehead atoms. The Morgan fingerprint density at radius 2 is 1.88 bits per heavy atom. The highest BCUT2D eigenvalue weighted by Gasteiger charge is 2.20. The molecule has 0 atom stereocenters. The van der Waals surface area contributed by atoms with Crippen LogP contribution >= 0.6 is 11.3 Å². The van der Waals surface area contributed by atoms with Crippen LogP contribution in [-0.2, 0) is 9.53 Å². The summed E-state index contributed by atoms with van der Waals surface area (Å²) in [6.07, 6.45) is 1.66. The molecule has 0 saturated carbocycles. The van der Waals surface area contributed by atoms with Gasteiger partial charge in [-0.3, -0.25) is 9.78 Å². The number of aromatic nitrogens is 4. The summed E-state index contributed by atoms with van der Waals surface area (Å²) in [6, 6.07) is 15.0. The summed E-state index contributed by atoms with van der Waals surface area (Å²) >= 11 is 1.19. The van der Waals surface area contributed by atoms with E-state index in [4.69, 9.17) is 4.74 Å². The molecule has 0 aliphatic carbocycles. The minimum absolute atomic E-state index is 0.346. The third-order valence-corrected chi connectivity index (χ3v) is 5.74. The lowest BCUT2D eigenvalue weighted by atomic mass is 10.2. The molecular weight excluding hydrogens is 426 g/mol. The van der Waals surface area contributed by atoms with Crippen LogP contribution in [0.1, 0.15) is 26.6 Å². The zero-order chi connectivity index (χ0) is 22.7. The fourth-order valence-electron chi connectivity index (χ4n) is 3.03. The number of benzene rings is 1. The summed E-state index contributed by atoms with van der Waals surface area (Å²) in [5.74, 6) is -0.557. The highest BCUT2D eigenvalue weighted by atomic mass is 32.1. The van der Waals surface area contributed by atoms with Crippen molar-refractivity contribution in [1.82, 2.24) is 19.7 Å². The molecule has 1 amide bonds. The molecule has 0 saturated heterocycles. The van der Waals surface area contributed by atoms with E-state index in [1.165, 1.54) is 11.3 Å². The number of anilines is 1. The minimum Gasteiger partial charge on any atom is -0.451 e. The third kappa shape index (κ3) is 4.73. The number of carbonyl (C=O) groups is 2. The minimum atomic E-state index is -0.597. The number of hydrogen-bond acceptors (Lipinski definition) is 7. The lowest BCUT2D eigenvalue weighted by molar-refractivity contribution is -0.119. The van der Waals surface area contributed by atoms with E-state index < -0.39 is 18.5 Å². The van der Waals surface area contributed by atoms with Crippen LogP contribution < -0.4 is 5.32 Å². The van der Waals surface area contributed by atoms with Crippen LogP contribution in [0.25, 0.3) is 16.4 Å². The van der Waals surface area contributed by atoms with Crippen LogP contribution in [0.5, 0.6) is 0 Å². The molecule has 1 N–H and O–H groups in total. The van der Waals surface area contributed by atoms with Crippen LogP contribution in [0.15, 0.2) is 54.7 Å². The largest absolute Gasteiger partial charge is 0.451 e. The van der Waals surface area contributed by atoms with Crippen LogP contribution in [-0.4, -0.2) is 38.2 Å². The normalized spacial score (nSPS) is 10.7. The molecule has 1 aromatic carbocycles. The number of esters is 1. The number of nitrogens with zero attached hydrogens (tertiary/aromatic N) is 4. The van der Waals surface area contributed by atoms with Gasteiger partial charge in [0.25, 0.3) is 5.91 Å². The molecule has 9 heteroatoms. The molecule has 3 heterocycles. The summed E-state index contributed by atoms with van der Waals surface area (Å²) in [6.45, 7) is 5.14. The van der Waals surface area contributed by atoms with Gasteiger partial charge in [-0.15, -0.1) is 11.3 Å². The first-order valence-corrected chi connectivity index (χ1v) is 10.7. The average molecular weight is 448 g/mol. The van der Waals surface area contributed by atoms with Crippen molar-refractivity contribution in [2.45, 2.75) is 20.8 Å². The molecule has 0 aliphatic rings. The van der Waals surface area contributed by atoms with Gasteiger partial charge in [-0.1, -0.05) is 23.8 Å². The Kier molecular flexibility index (Phi) is 6.09. The van der Waals surface area contributed by atoms with Gasteiger partial charge in [0.05, 0.1) is 22.8 Å². The summed E-state index contributed by atoms with van der Waals surface area (Å²) in [5, 5.41) is 7.81. The van der Waals surface area contributed by atoms with Crippen LogP contribution in [0.4, 0.5) is 5.82 Å². The average Bonchev–Trinajstić information content (AvgIpc) is 3.35. The van der Waals surface area contributed by atoms with Crippen LogP contribution in [0, 0.1) is 20.8 Å². The fraction of sp³-hybridized carbons (Fsp3) is 0.174. The van der Waals surface area contributed by atoms with E-state index in [1.54, 1.807) is 23.9 Å². The first kappa shape index (κ1) is 21.4. The van der Waals surface area contributed by atoms with Gasteiger partial charge in [0.1, 0.15) is 15.7 Å². The number of carbonyl (C=O) groups excluding carboxylic acids is 2. The quantitative estimate of drug-likeness (QED) is 0.447. The first-order chi connectivity index (χ1) is 15.4. The van der Waals surface area contributed by atoms with Gasteiger partial charge < -0.3 is 10.1 Å². The maximum atomic E-state index is 12.5. The van der Waals surface area contributed by atoms with Gasteiger partial charge in [0.15, 0.2) is 6.61 Å². The number of amides is 1. The molecule has 0 aliphatic heterocycles. The van der Waals surface area contributed by atoms with E-state index in [2.05, 4.69) is 20.4 Å². The van der Waals surface area contributed by atoms with Gasteiger partial charge in [0, 0.05) is 12.3 Å². The summed E-state index contributed by atoms with van der Waals surface area (Å²) in [7, 11) is 0. The Morgan fingerprint density at radius 1 is 1.09 bits per heavy atom. The molecule has 32 heavy (non-hydrogen) atoms. The second-order valence-electron chi connectivity index (χ2n) is 7.19. The molecule has 4 rings (SSSR count). The molecule has 8 nitrogen and oxygen atoms in total. The number of thiazole rings is 1. The lowest BCUT2D eigenvalue weighted by Crippen LogP contribution is -2.22. The molecule has 162 valence electrons. The highest BCUT2D eigenvalue weighted by molar-refractivity contribution is 7.17. The predicted octanol–water partition coefficient (Wildman–Crippen LogP) is 4.11. The zero-order valence-electron chi connectivity index (χ0n) is 17.8. The van der Waals surface area contributed by atoms with Crippen molar-refractivity contribution in [3.05, 3.63) is 76.6 Å². The van der Waals surface area contributed by atoms with E-state index in [-0.39, 0.29) is 0 Å². The second kappa shape index (κ2) is 9.11. The van der Waals surface area contributed by atoms with Crippen molar-refractivity contribution < 1.29 is 14.3 Å². The number of aryl methyl sites for hydroxylation is 3. The van der Waals surface area contributed by atoms with E-state index in [0.29, 0.717) is 27.1 Å². The van der Waals surface area contributed by atoms with Crippen molar-refractivity contribution >= 4 is 29.0 Å². The topological polar surface area (TPSA) is 99.0 Å². The molecule has 0 spiro atoms. The Morgan fingerprint density at radius 3 is 2.59 bits per heavy atom. The Balaban J connectivity index is 1.41. The summed E-state index contributed by atoms with van der Waals surface area (Å²) < 4.78 is 6.87. The fourth-order valence-corrected chi connectivity index (χ4v) is 3.97. The van der Waals surface area contributed by atoms with Crippen molar-refractivity contribution in [2.75, 3.05) is 11.9 Å². The summed E-state index contributed by atoms with van der Waals surface area (Å²) in [4.78, 5) is 34.0. The van der Waals surface area contributed by atoms with Crippen molar-refractivity contribution in [3.8, 4) is 16.4 Å². The molecule has 3 aromatic heterocycles. The number of ether oxygens (including phenoxy) is 1. The van der Waals surface area contributed by atoms with E-state index in [9.17, 15) is 9.59 Å². The van der Waals surface area contributed by atoms with Gasteiger partial charge in [-0.2, -0.15) is 5.10 Å². The maximum absolute atomic E-state index is 12.5. The summed E-state index contributed by atoms with van der Waals surface area (Å²) in [5.41, 5.74) is 3.91. The van der Waals surface area contributed by atoms with E-state index in [1.807, 2.05) is 56.3 Å². The standard InChI is InChI=1S/C23H21N5O3S/c1-14-7-9-17(10-8-14)28-19(12-15(2)27-28)26-20(29)13-31-23(30)21-16(3)25-22(32-21)18-6-4-5-11-24-18/h4-12H,13H2,1-3H3,(H,26,29). The zero-order valence-corrected chi connectivity index (χ0v) is 18.6. The second-order valence-corrected chi connectivity index (χ2v) is 8.19. The van der Waals surface area contributed by atoms with Gasteiger partial charge in [-0.05, 0) is 45.0 Å². The monoisotopic (exact) mass is 447 g/mol. The Hall–Kier alpha value is -3.85. The smallest absolute Gasteiger partial charge is 0.350 e. The van der Waals surface area contributed by atoms with Crippen LogP contribution in [0.3, 0.4) is 0 Å². The third-order valence-electron chi connectivity index (χ3n) is 4.58. The molecule has 0 radical (unpaired) electrons. The number of pyridine rings is 1. The first-order valence-electron chi connectivity index (χ1n) is 9.90. The number of hydrogen-bond donors (Lipinski definition) is 1. The van der Waals surface area contributed by atoms with Crippen molar-refractivity contribution in [2.24, 2.45) is 0 Å². The molecule has 0 unspecified atom stereocenters. The Bertz CT molecular complexity index is 1260. The molecule has 4 aromatic rings.